The van der Waals surface area contributed by atoms with Gasteiger partial charge in [-0.3, -0.25) is 4.79 Å². The molecule has 116 valence electrons. The van der Waals surface area contributed by atoms with Gasteiger partial charge in [-0.15, -0.1) is 0 Å². The van der Waals surface area contributed by atoms with E-state index in [-0.39, 0.29) is 5.56 Å². The van der Waals surface area contributed by atoms with Gasteiger partial charge in [0.15, 0.2) is 0 Å². The average Bonchev–Trinajstić information content (AvgIpc) is 2.42. The molecule has 1 aromatic heterocycles. The highest BCUT2D eigenvalue weighted by molar-refractivity contribution is 5.80. The molecule has 0 aliphatic rings. The molecule has 2 N–H and O–H groups in total. The summed E-state index contributed by atoms with van der Waals surface area (Å²) < 4.78 is 5.13. The van der Waals surface area contributed by atoms with Crippen LogP contribution in [-0.2, 0) is 4.74 Å². The third-order valence-corrected chi connectivity index (χ3v) is 2.74. The van der Waals surface area contributed by atoms with Gasteiger partial charge < -0.3 is 15.0 Å². The number of aromatic nitrogens is 2. The van der Waals surface area contributed by atoms with E-state index in [0.717, 1.165) is 5.56 Å². The molecule has 0 fully saturated rings. The molecule has 6 nitrogen and oxygen atoms in total. The van der Waals surface area contributed by atoms with Crippen LogP contribution in [0, 0.1) is 0 Å². The molecule has 0 bridgehead atoms. The highest BCUT2D eigenvalue weighted by Gasteiger charge is 2.14. The van der Waals surface area contributed by atoms with E-state index < -0.39 is 11.7 Å². The Kier molecular flexibility index (Phi) is 4.60. The summed E-state index contributed by atoms with van der Waals surface area (Å²) in [5.74, 6) is 0. The van der Waals surface area contributed by atoms with Gasteiger partial charge in [0.05, 0.1) is 17.2 Å². The molecule has 0 spiro atoms. The summed E-state index contributed by atoms with van der Waals surface area (Å²) in [4.78, 5) is 29.7. The molecule has 2 rings (SSSR count). The zero-order valence-electron chi connectivity index (χ0n) is 12.8. The largest absolute Gasteiger partial charge is 0.444 e. The van der Waals surface area contributed by atoms with E-state index in [1.807, 2.05) is 39.0 Å². The Morgan fingerprint density at radius 2 is 2.18 bits per heavy atom. The lowest BCUT2D eigenvalue weighted by molar-refractivity contribution is 0.0534. The van der Waals surface area contributed by atoms with E-state index in [2.05, 4.69) is 15.3 Å². The van der Waals surface area contributed by atoms with Crippen LogP contribution in [0.1, 0.15) is 26.3 Å². The summed E-state index contributed by atoms with van der Waals surface area (Å²) in [6, 6.07) is 5.36. The number of H-pyrrole nitrogens is 1. The van der Waals surface area contributed by atoms with Crippen LogP contribution in [0.2, 0.25) is 0 Å². The SMILES string of the molecule is CC(C)(C)OC(=O)NCC=Cc1ccc2c(=O)[nH]cnc2c1. The molecule has 0 aliphatic heterocycles. The molecule has 0 aliphatic carbocycles. The highest BCUT2D eigenvalue weighted by atomic mass is 16.6. The van der Waals surface area contributed by atoms with Crippen LogP contribution in [-0.4, -0.2) is 28.2 Å². The molecule has 22 heavy (non-hydrogen) atoms. The first-order valence-corrected chi connectivity index (χ1v) is 6.96. The first-order valence-electron chi connectivity index (χ1n) is 6.96. The van der Waals surface area contributed by atoms with E-state index in [1.165, 1.54) is 6.33 Å². The van der Waals surface area contributed by atoms with E-state index in [9.17, 15) is 9.59 Å². The second kappa shape index (κ2) is 6.43. The van der Waals surface area contributed by atoms with Gasteiger partial charge in [0, 0.05) is 6.54 Å². The van der Waals surface area contributed by atoms with E-state index in [0.29, 0.717) is 17.4 Å². The van der Waals surface area contributed by atoms with Gasteiger partial charge in [-0.05, 0) is 38.5 Å². The molecule has 0 atom stereocenters. The molecular weight excluding hydrogens is 282 g/mol. The summed E-state index contributed by atoms with van der Waals surface area (Å²) >= 11 is 0. The van der Waals surface area contributed by atoms with Crippen LogP contribution in [0.25, 0.3) is 17.0 Å². The molecule has 2 aromatic rings. The minimum Gasteiger partial charge on any atom is -0.444 e. The van der Waals surface area contributed by atoms with Gasteiger partial charge in [-0.2, -0.15) is 0 Å². The smallest absolute Gasteiger partial charge is 0.407 e. The number of carbonyl (C=O) groups excluding carboxylic acids is 1. The van der Waals surface area contributed by atoms with Gasteiger partial charge >= 0.3 is 6.09 Å². The lowest BCUT2D eigenvalue weighted by Gasteiger charge is -2.19. The Balaban J connectivity index is 1.96. The lowest BCUT2D eigenvalue weighted by Crippen LogP contribution is -2.32. The van der Waals surface area contributed by atoms with Gasteiger partial charge in [-0.25, -0.2) is 9.78 Å². The minimum atomic E-state index is -0.509. The topological polar surface area (TPSA) is 84.1 Å². The standard InChI is InChI=1S/C16H19N3O3/c1-16(2,3)22-15(21)17-8-4-5-11-6-7-12-13(9-11)18-10-19-14(12)20/h4-7,9-10H,8H2,1-3H3,(H,17,21)(H,18,19,20). The van der Waals surface area contributed by atoms with Gasteiger partial charge in [0.2, 0.25) is 0 Å². The number of nitrogens with zero attached hydrogens (tertiary/aromatic N) is 1. The molecule has 1 amide bonds. The van der Waals surface area contributed by atoms with E-state index in [1.54, 1.807) is 12.1 Å². The summed E-state index contributed by atoms with van der Waals surface area (Å²) in [6.45, 7) is 5.79. The maximum Gasteiger partial charge on any atom is 0.407 e. The van der Waals surface area contributed by atoms with Crippen LogP contribution >= 0.6 is 0 Å². The maximum absolute atomic E-state index is 11.6. The number of rotatable bonds is 3. The quantitative estimate of drug-likeness (QED) is 0.912. The predicted molar refractivity (Wildman–Crippen MR) is 85.6 cm³/mol. The normalized spacial score (nSPS) is 11.8. The van der Waals surface area contributed by atoms with Gasteiger partial charge in [-0.1, -0.05) is 18.2 Å². The van der Waals surface area contributed by atoms with Crippen molar-refractivity contribution in [2.24, 2.45) is 0 Å². The van der Waals surface area contributed by atoms with Crippen molar-refractivity contribution in [3.63, 3.8) is 0 Å². The molecule has 6 heteroatoms. The number of alkyl carbamates (subject to hydrolysis) is 1. The number of hydrogen-bond acceptors (Lipinski definition) is 4. The molecule has 0 unspecified atom stereocenters. The Morgan fingerprint density at radius 1 is 1.41 bits per heavy atom. The zero-order valence-corrected chi connectivity index (χ0v) is 12.8. The van der Waals surface area contributed by atoms with Crippen molar-refractivity contribution in [2.45, 2.75) is 26.4 Å². The maximum atomic E-state index is 11.6. The average molecular weight is 301 g/mol. The van der Waals surface area contributed by atoms with Gasteiger partial charge in [0.1, 0.15) is 5.60 Å². The fraction of sp³-hybridized carbons (Fsp3) is 0.312. The van der Waals surface area contributed by atoms with Crippen LogP contribution in [0.3, 0.4) is 0 Å². The molecule has 0 saturated carbocycles. The Bertz CT molecular complexity index is 757. The zero-order chi connectivity index (χ0) is 16.2. The van der Waals surface area contributed by atoms with Crippen LogP contribution in [0.4, 0.5) is 4.79 Å². The number of ether oxygens (including phenoxy) is 1. The summed E-state index contributed by atoms with van der Waals surface area (Å²) in [7, 11) is 0. The molecule has 0 saturated heterocycles. The summed E-state index contributed by atoms with van der Waals surface area (Å²) in [5, 5.41) is 3.18. The molecule has 0 radical (unpaired) electrons. The number of amides is 1. The first-order chi connectivity index (χ1) is 10.3. The Hall–Kier alpha value is -2.63. The van der Waals surface area contributed by atoms with Crippen molar-refractivity contribution in [2.75, 3.05) is 6.54 Å². The van der Waals surface area contributed by atoms with Crippen LogP contribution < -0.4 is 10.9 Å². The Morgan fingerprint density at radius 3 is 2.91 bits per heavy atom. The van der Waals surface area contributed by atoms with Crippen molar-refractivity contribution >= 4 is 23.1 Å². The predicted octanol–water partition coefficient (Wildman–Crippen LogP) is 2.46. The monoisotopic (exact) mass is 301 g/mol. The number of benzene rings is 1. The van der Waals surface area contributed by atoms with Crippen LogP contribution in [0.5, 0.6) is 0 Å². The van der Waals surface area contributed by atoms with Crippen LogP contribution in [0.15, 0.2) is 35.4 Å². The first kappa shape index (κ1) is 15.8. The molecule has 1 aromatic carbocycles. The number of carbonyl (C=O) groups is 1. The molecular formula is C16H19N3O3. The summed E-state index contributed by atoms with van der Waals surface area (Å²) in [5.41, 5.74) is 0.861. The van der Waals surface area contributed by atoms with Gasteiger partial charge in [0.25, 0.3) is 5.56 Å². The number of fused-ring (bicyclic) bond motifs is 1. The third kappa shape index (κ3) is 4.44. The Labute approximate surface area is 128 Å². The summed E-state index contributed by atoms with van der Waals surface area (Å²) in [6.07, 6.45) is 4.57. The number of aromatic amines is 1. The van der Waals surface area contributed by atoms with Crippen molar-refractivity contribution in [3.05, 3.63) is 46.5 Å². The molecule has 1 heterocycles. The van der Waals surface area contributed by atoms with Crippen molar-refractivity contribution in [3.8, 4) is 0 Å². The van der Waals surface area contributed by atoms with Crippen molar-refractivity contribution in [1.82, 2.24) is 15.3 Å². The second-order valence-electron chi connectivity index (χ2n) is 5.79. The van der Waals surface area contributed by atoms with Crippen molar-refractivity contribution < 1.29 is 9.53 Å². The van der Waals surface area contributed by atoms with Crippen molar-refractivity contribution in [1.29, 1.82) is 0 Å². The third-order valence-electron chi connectivity index (χ3n) is 2.74. The highest BCUT2D eigenvalue weighted by Crippen LogP contribution is 2.10. The second-order valence-corrected chi connectivity index (χ2v) is 5.79. The van der Waals surface area contributed by atoms with E-state index >= 15 is 0 Å². The van der Waals surface area contributed by atoms with E-state index in [4.69, 9.17) is 4.74 Å². The fourth-order valence-electron chi connectivity index (χ4n) is 1.84. The minimum absolute atomic E-state index is 0.160. The number of nitrogens with one attached hydrogen (secondary N) is 2. The lowest BCUT2D eigenvalue weighted by atomic mass is 10.1. The number of hydrogen-bond donors (Lipinski definition) is 2. The fourth-order valence-corrected chi connectivity index (χ4v) is 1.84.